The van der Waals surface area contributed by atoms with Gasteiger partial charge in [-0.15, -0.1) is 0 Å². The molecule has 0 spiro atoms. The Hall–Kier alpha value is -3.55. The molecule has 0 aliphatic carbocycles. The van der Waals surface area contributed by atoms with Gasteiger partial charge in [-0.05, 0) is 51.3 Å². The van der Waals surface area contributed by atoms with E-state index in [1.165, 1.54) is 6.07 Å². The van der Waals surface area contributed by atoms with Crippen molar-refractivity contribution in [3.8, 4) is 22.5 Å². The van der Waals surface area contributed by atoms with E-state index in [4.69, 9.17) is 4.52 Å². The molecule has 0 saturated carbocycles. The van der Waals surface area contributed by atoms with Crippen molar-refractivity contribution in [3.05, 3.63) is 59.5 Å². The molecule has 158 valence electrons. The second-order valence-electron chi connectivity index (χ2n) is 7.87. The summed E-state index contributed by atoms with van der Waals surface area (Å²) in [6.07, 6.45) is 6.41. The van der Waals surface area contributed by atoms with Gasteiger partial charge in [0.05, 0.1) is 34.2 Å². The molecule has 5 rings (SSSR count). The van der Waals surface area contributed by atoms with Crippen molar-refractivity contribution in [2.45, 2.75) is 33.1 Å². The molecule has 1 aliphatic rings. The summed E-state index contributed by atoms with van der Waals surface area (Å²) in [6, 6.07) is 6.97. The van der Waals surface area contributed by atoms with Gasteiger partial charge in [0.1, 0.15) is 17.3 Å². The highest BCUT2D eigenvalue weighted by atomic mass is 19.1. The minimum Gasteiger partial charge on any atom is -0.361 e. The summed E-state index contributed by atoms with van der Waals surface area (Å²) in [6.45, 7) is 5.03. The number of hydrogen-bond donors (Lipinski definition) is 0. The summed E-state index contributed by atoms with van der Waals surface area (Å²) >= 11 is 0. The number of carbonyl (C=O) groups is 1. The van der Waals surface area contributed by atoms with Crippen LogP contribution in [-0.4, -0.2) is 43.7 Å². The van der Waals surface area contributed by atoms with Crippen LogP contribution in [0.25, 0.3) is 28.0 Å². The lowest BCUT2D eigenvalue weighted by Gasteiger charge is -2.26. The topological polar surface area (TPSA) is 76.5 Å². The Bertz CT molecular complexity index is 1270. The molecule has 1 saturated heterocycles. The summed E-state index contributed by atoms with van der Waals surface area (Å²) in [5.41, 5.74) is 3.84. The van der Waals surface area contributed by atoms with E-state index in [0.717, 1.165) is 32.4 Å². The van der Waals surface area contributed by atoms with Crippen molar-refractivity contribution >= 4 is 11.4 Å². The fourth-order valence-electron chi connectivity index (χ4n) is 4.24. The van der Waals surface area contributed by atoms with Crippen LogP contribution in [0.2, 0.25) is 0 Å². The van der Waals surface area contributed by atoms with E-state index in [-0.39, 0.29) is 11.6 Å². The molecule has 4 aromatic rings. The second-order valence-corrected chi connectivity index (χ2v) is 7.87. The predicted molar refractivity (Wildman–Crippen MR) is 113 cm³/mol. The number of rotatable bonds is 3. The zero-order valence-corrected chi connectivity index (χ0v) is 17.4. The van der Waals surface area contributed by atoms with Gasteiger partial charge >= 0.3 is 0 Å². The van der Waals surface area contributed by atoms with E-state index in [9.17, 15) is 4.79 Å². The largest absolute Gasteiger partial charge is 0.361 e. The minimum atomic E-state index is -0.472. The van der Waals surface area contributed by atoms with Crippen molar-refractivity contribution < 1.29 is 13.7 Å². The van der Waals surface area contributed by atoms with Crippen LogP contribution in [0.1, 0.15) is 41.1 Å². The second kappa shape index (κ2) is 7.61. The summed E-state index contributed by atoms with van der Waals surface area (Å²) in [7, 11) is 0. The number of amides is 1. The number of pyridine rings is 2. The molecule has 5 heterocycles. The SMILES string of the molecule is Cc1noc(C)c1-c1ncc(-c2cccc3c(C(=O)N4CCCCC4)cnn23)cc1F. The molecule has 1 amide bonds. The molecule has 0 bridgehead atoms. The van der Waals surface area contributed by atoms with Crippen LogP contribution < -0.4 is 0 Å². The number of likely N-dealkylation sites (tertiary alicyclic amines) is 1. The predicted octanol–water partition coefficient (Wildman–Crippen LogP) is 4.43. The lowest BCUT2D eigenvalue weighted by molar-refractivity contribution is 0.0726. The van der Waals surface area contributed by atoms with Crippen LogP contribution >= 0.6 is 0 Å². The van der Waals surface area contributed by atoms with Gasteiger partial charge in [0.15, 0.2) is 0 Å². The number of hydrogen-bond acceptors (Lipinski definition) is 5. The van der Waals surface area contributed by atoms with E-state index in [2.05, 4.69) is 15.2 Å². The van der Waals surface area contributed by atoms with Gasteiger partial charge in [-0.25, -0.2) is 8.91 Å². The lowest BCUT2D eigenvalue weighted by atomic mass is 10.1. The maximum absolute atomic E-state index is 15.0. The smallest absolute Gasteiger partial charge is 0.257 e. The first-order valence-electron chi connectivity index (χ1n) is 10.4. The van der Waals surface area contributed by atoms with Gasteiger partial charge < -0.3 is 9.42 Å². The standard InChI is InChI=1S/C23H22FN5O2/c1-14-21(15(2)31-27-14)22-18(24)11-16(12-25-22)19-7-6-8-20-17(13-26-29(19)20)23(30)28-9-4-3-5-10-28/h6-8,11-13H,3-5,9-10H2,1-2H3. The summed E-state index contributed by atoms with van der Waals surface area (Å²) in [5, 5.41) is 8.32. The normalized spacial score (nSPS) is 14.4. The van der Waals surface area contributed by atoms with Crippen LogP contribution in [0.4, 0.5) is 4.39 Å². The first-order valence-corrected chi connectivity index (χ1v) is 10.4. The lowest BCUT2D eigenvalue weighted by Crippen LogP contribution is -2.35. The molecule has 31 heavy (non-hydrogen) atoms. The molecular weight excluding hydrogens is 397 g/mol. The number of aromatic nitrogens is 4. The molecule has 7 nitrogen and oxygen atoms in total. The fourth-order valence-corrected chi connectivity index (χ4v) is 4.24. The summed E-state index contributed by atoms with van der Waals surface area (Å²) in [5.74, 6) is 0.0392. The Morgan fingerprint density at radius 1 is 1.13 bits per heavy atom. The molecule has 0 unspecified atom stereocenters. The first kappa shape index (κ1) is 19.4. The molecule has 0 N–H and O–H groups in total. The summed E-state index contributed by atoms with van der Waals surface area (Å²) in [4.78, 5) is 19.2. The highest BCUT2D eigenvalue weighted by molar-refractivity contribution is 6.01. The van der Waals surface area contributed by atoms with Crippen LogP contribution in [0.15, 0.2) is 41.2 Å². The van der Waals surface area contributed by atoms with E-state index < -0.39 is 5.82 Å². The van der Waals surface area contributed by atoms with Gasteiger partial charge in [0, 0.05) is 24.8 Å². The highest BCUT2D eigenvalue weighted by Gasteiger charge is 2.23. The Labute approximate surface area is 178 Å². The van der Waals surface area contributed by atoms with Gasteiger partial charge in [-0.1, -0.05) is 11.2 Å². The molecule has 4 aromatic heterocycles. The molecule has 0 aromatic carbocycles. The minimum absolute atomic E-state index is 0.00934. The van der Waals surface area contributed by atoms with E-state index in [1.54, 1.807) is 30.8 Å². The third kappa shape index (κ3) is 3.28. The van der Waals surface area contributed by atoms with Gasteiger partial charge in [0.25, 0.3) is 5.91 Å². The number of fused-ring (bicyclic) bond motifs is 1. The van der Waals surface area contributed by atoms with Crippen LogP contribution in [-0.2, 0) is 0 Å². The third-order valence-corrected chi connectivity index (χ3v) is 5.82. The number of piperidine rings is 1. The van der Waals surface area contributed by atoms with Crippen molar-refractivity contribution in [2.75, 3.05) is 13.1 Å². The van der Waals surface area contributed by atoms with Crippen LogP contribution in [0.5, 0.6) is 0 Å². The zero-order chi connectivity index (χ0) is 21.5. The van der Waals surface area contributed by atoms with E-state index in [1.807, 2.05) is 23.1 Å². The van der Waals surface area contributed by atoms with E-state index >= 15 is 4.39 Å². The first-order chi connectivity index (χ1) is 15.0. The maximum atomic E-state index is 15.0. The maximum Gasteiger partial charge on any atom is 0.257 e. The van der Waals surface area contributed by atoms with Crippen LogP contribution in [0.3, 0.4) is 0 Å². The Balaban J connectivity index is 1.55. The Morgan fingerprint density at radius 3 is 2.65 bits per heavy atom. The molecular formula is C23H22FN5O2. The number of nitrogens with zero attached hydrogens (tertiary/aromatic N) is 5. The number of halogens is 1. The Morgan fingerprint density at radius 2 is 1.94 bits per heavy atom. The average Bonchev–Trinajstić information content (AvgIpc) is 3.37. The Kier molecular flexibility index (Phi) is 4.77. The van der Waals surface area contributed by atoms with Crippen molar-refractivity contribution in [1.29, 1.82) is 0 Å². The average molecular weight is 419 g/mol. The van der Waals surface area contributed by atoms with Gasteiger partial charge in [-0.2, -0.15) is 5.10 Å². The third-order valence-electron chi connectivity index (χ3n) is 5.82. The van der Waals surface area contributed by atoms with Crippen molar-refractivity contribution in [2.24, 2.45) is 0 Å². The number of carbonyl (C=O) groups excluding carboxylic acids is 1. The molecule has 1 aliphatic heterocycles. The van der Waals surface area contributed by atoms with Crippen molar-refractivity contribution in [3.63, 3.8) is 0 Å². The van der Waals surface area contributed by atoms with Crippen LogP contribution in [0, 0.1) is 19.7 Å². The van der Waals surface area contributed by atoms with Gasteiger partial charge in [0.2, 0.25) is 0 Å². The van der Waals surface area contributed by atoms with E-state index in [0.29, 0.717) is 39.4 Å². The van der Waals surface area contributed by atoms with Crippen molar-refractivity contribution in [1.82, 2.24) is 24.7 Å². The fraction of sp³-hybridized carbons (Fsp3) is 0.304. The summed E-state index contributed by atoms with van der Waals surface area (Å²) < 4.78 is 21.8. The zero-order valence-electron chi connectivity index (χ0n) is 17.4. The van der Waals surface area contributed by atoms with Gasteiger partial charge in [-0.3, -0.25) is 9.78 Å². The molecule has 1 fully saturated rings. The molecule has 0 atom stereocenters. The molecule has 8 heteroatoms. The quantitative estimate of drug-likeness (QED) is 0.491. The highest BCUT2D eigenvalue weighted by Crippen LogP contribution is 2.30. The molecule has 0 radical (unpaired) electrons. The monoisotopic (exact) mass is 419 g/mol. The number of aryl methyl sites for hydroxylation is 2.